The van der Waals surface area contributed by atoms with Crippen LogP contribution in [-0.4, -0.2) is 38.1 Å². The van der Waals surface area contributed by atoms with Crippen molar-refractivity contribution in [1.82, 2.24) is 0 Å². The van der Waals surface area contributed by atoms with Gasteiger partial charge in [0.15, 0.2) is 9.84 Å². The van der Waals surface area contributed by atoms with E-state index in [2.05, 4.69) is 0 Å². The van der Waals surface area contributed by atoms with Crippen molar-refractivity contribution in [3.63, 3.8) is 0 Å². The fraction of sp³-hybridized carbons (Fsp3) is 0.500. The third kappa shape index (κ3) is 2.61. The number of hydrogen-bond acceptors (Lipinski definition) is 4. The van der Waals surface area contributed by atoms with E-state index in [1.54, 1.807) is 0 Å². The smallest absolute Gasteiger partial charge is 0.152 e. The second kappa shape index (κ2) is 4.66. The lowest BCUT2D eigenvalue weighted by atomic mass is 10.1. The van der Waals surface area contributed by atoms with E-state index in [9.17, 15) is 13.5 Å². The lowest BCUT2D eigenvalue weighted by Crippen LogP contribution is -2.33. The summed E-state index contributed by atoms with van der Waals surface area (Å²) < 4.78 is 22.9. The van der Waals surface area contributed by atoms with Gasteiger partial charge in [-0.3, -0.25) is 0 Å². The molecule has 1 heterocycles. The molecule has 0 radical (unpaired) electrons. The first-order valence-corrected chi connectivity index (χ1v) is 7.47. The molecule has 0 aliphatic carbocycles. The van der Waals surface area contributed by atoms with Gasteiger partial charge in [-0.1, -0.05) is 18.2 Å². The van der Waals surface area contributed by atoms with E-state index in [1.807, 2.05) is 36.2 Å². The molecule has 0 amide bonds. The normalized spacial score (nSPS) is 22.6. The Morgan fingerprint density at radius 1 is 1.41 bits per heavy atom. The quantitative estimate of drug-likeness (QED) is 0.868. The van der Waals surface area contributed by atoms with Gasteiger partial charge in [-0.15, -0.1) is 0 Å². The highest BCUT2D eigenvalue weighted by Crippen LogP contribution is 2.25. The summed E-state index contributed by atoms with van der Waals surface area (Å²) in [5.41, 5.74) is 1.75. The van der Waals surface area contributed by atoms with Gasteiger partial charge in [-0.25, -0.2) is 8.42 Å². The van der Waals surface area contributed by atoms with Crippen LogP contribution in [0.3, 0.4) is 0 Å². The Labute approximate surface area is 102 Å². The zero-order valence-electron chi connectivity index (χ0n) is 9.83. The maximum Gasteiger partial charge on any atom is 0.152 e. The summed E-state index contributed by atoms with van der Waals surface area (Å²) >= 11 is 0. The van der Waals surface area contributed by atoms with Crippen LogP contribution in [0.2, 0.25) is 0 Å². The molecule has 1 N–H and O–H groups in total. The molecule has 4 nitrogen and oxygen atoms in total. The molecule has 1 aromatic carbocycles. The predicted octanol–water partition coefficient (Wildman–Crippen LogP) is 0.802. The van der Waals surface area contributed by atoms with E-state index in [1.165, 1.54) is 0 Å². The van der Waals surface area contributed by atoms with Gasteiger partial charge >= 0.3 is 0 Å². The summed E-state index contributed by atoms with van der Waals surface area (Å²) in [7, 11) is -0.983. The van der Waals surface area contributed by atoms with Gasteiger partial charge in [0, 0.05) is 24.3 Å². The number of nitrogens with zero attached hydrogens (tertiary/aromatic N) is 1. The van der Waals surface area contributed by atoms with Gasteiger partial charge in [-0.2, -0.15) is 0 Å². The van der Waals surface area contributed by atoms with Crippen molar-refractivity contribution < 1.29 is 13.5 Å². The lowest BCUT2D eigenvalue weighted by molar-refractivity contribution is 0.282. The van der Waals surface area contributed by atoms with Crippen molar-refractivity contribution in [3.05, 3.63) is 29.8 Å². The van der Waals surface area contributed by atoms with E-state index in [0.29, 0.717) is 6.42 Å². The Balaban J connectivity index is 2.23. The first-order valence-electron chi connectivity index (χ1n) is 5.65. The monoisotopic (exact) mass is 255 g/mol. The molecule has 1 aliphatic rings. The van der Waals surface area contributed by atoms with Gasteiger partial charge < -0.3 is 10.0 Å². The van der Waals surface area contributed by atoms with Crippen molar-refractivity contribution in [2.45, 2.75) is 19.1 Å². The number of sulfone groups is 1. The summed E-state index contributed by atoms with van der Waals surface area (Å²) in [6, 6.07) is 7.56. The van der Waals surface area contributed by atoms with Crippen LogP contribution in [0.4, 0.5) is 5.69 Å². The molecule has 5 heteroatoms. The number of aliphatic hydroxyl groups excluding tert-OH is 1. The fourth-order valence-electron chi connectivity index (χ4n) is 2.27. The highest BCUT2D eigenvalue weighted by molar-refractivity contribution is 7.91. The van der Waals surface area contributed by atoms with Crippen LogP contribution < -0.4 is 4.90 Å². The van der Waals surface area contributed by atoms with Crippen molar-refractivity contribution in [2.24, 2.45) is 0 Å². The highest BCUT2D eigenvalue weighted by atomic mass is 32.2. The number of rotatable bonds is 3. The van der Waals surface area contributed by atoms with Gasteiger partial charge in [-0.05, 0) is 12.5 Å². The third-order valence-corrected chi connectivity index (χ3v) is 5.05. The summed E-state index contributed by atoms with van der Waals surface area (Å²) in [6.07, 6.45) is 0.665. The molecule has 1 unspecified atom stereocenters. The lowest BCUT2D eigenvalue weighted by Gasteiger charge is -2.27. The summed E-state index contributed by atoms with van der Waals surface area (Å²) in [5.74, 6) is 0.479. The molecule has 0 aromatic heterocycles. The molecule has 1 aliphatic heterocycles. The fourth-order valence-corrected chi connectivity index (χ4v) is 4.04. The van der Waals surface area contributed by atoms with Gasteiger partial charge in [0.05, 0.1) is 18.1 Å². The molecule has 1 aromatic rings. The highest BCUT2D eigenvalue weighted by Gasteiger charge is 2.31. The SMILES string of the molecule is CN(c1ccccc1CO)C1CCS(=O)(=O)C1. The standard InChI is InChI=1S/C12H17NO3S/c1-13(11-6-7-17(15,16)9-11)12-5-3-2-4-10(12)8-14/h2-5,11,14H,6-9H2,1H3. The molecule has 1 atom stereocenters. The minimum absolute atomic E-state index is 0.0210. The van der Waals surface area contributed by atoms with Crippen molar-refractivity contribution in [3.8, 4) is 0 Å². The molecule has 2 rings (SSSR count). The minimum Gasteiger partial charge on any atom is -0.392 e. The Kier molecular flexibility index (Phi) is 3.40. The van der Waals surface area contributed by atoms with Crippen LogP contribution in [0.25, 0.3) is 0 Å². The molecule has 0 bridgehead atoms. The van der Waals surface area contributed by atoms with Crippen LogP contribution in [0.15, 0.2) is 24.3 Å². The van der Waals surface area contributed by atoms with Crippen LogP contribution in [0.5, 0.6) is 0 Å². The average Bonchev–Trinajstić information content (AvgIpc) is 2.68. The molecule has 1 saturated heterocycles. The zero-order chi connectivity index (χ0) is 12.5. The first-order chi connectivity index (χ1) is 8.03. The number of benzene rings is 1. The Morgan fingerprint density at radius 3 is 2.71 bits per heavy atom. The Hall–Kier alpha value is -1.07. The summed E-state index contributed by atoms with van der Waals surface area (Å²) in [4.78, 5) is 1.97. The molecule has 94 valence electrons. The second-order valence-electron chi connectivity index (χ2n) is 4.45. The van der Waals surface area contributed by atoms with E-state index in [0.717, 1.165) is 11.3 Å². The molecule has 17 heavy (non-hydrogen) atoms. The van der Waals surface area contributed by atoms with Crippen LogP contribution in [0.1, 0.15) is 12.0 Å². The second-order valence-corrected chi connectivity index (χ2v) is 6.68. The zero-order valence-corrected chi connectivity index (χ0v) is 10.7. The number of anilines is 1. The molecular weight excluding hydrogens is 238 g/mol. The third-order valence-electron chi connectivity index (χ3n) is 3.30. The van der Waals surface area contributed by atoms with E-state index in [-0.39, 0.29) is 24.2 Å². The molecule has 0 spiro atoms. The van der Waals surface area contributed by atoms with Gasteiger partial charge in [0.2, 0.25) is 0 Å². The predicted molar refractivity (Wildman–Crippen MR) is 67.8 cm³/mol. The van der Waals surface area contributed by atoms with Crippen molar-refractivity contribution in [2.75, 3.05) is 23.5 Å². The number of para-hydroxylation sites is 1. The van der Waals surface area contributed by atoms with E-state index >= 15 is 0 Å². The maximum atomic E-state index is 11.5. The van der Waals surface area contributed by atoms with Gasteiger partial charge in [0.25, 0.3) is 0 Å². The molecule has 0 saturated carbocycles. The van der Waals surface area contributed by atoms with Gasteiger partial charge in [0.1, 0.15) is 0 Å². The van der Waals surface area contributed by atoms with E-state index in [4.69, 9.17) is 0 Å². The summed E-state index contributed by atoms with van der Waals surface area (Å²) in [5, 5.41) is 9.27. The topological polar surface area (TPSA) is 57.6 Å². The average molecular weight is 255 g/mol. The van der Waals surface area contributed by atoms with Crippen molar-refractivity contribution >= 4 is 15.5 Å². The minimum atomic E-state index is -2.87. The molecular formula is C12H17NO3S. The van der Waals surface area contributed by atoms with E-state index < -0.39 is 9.84 Å². The largest absolute Gasteiger partial charge is 0.392 e. The number of aliphatic hydroxyl groups is 1. The first kappa shape index (κ1) is 12.4. The van der Waals surface area contributed by atoms with Crippen LogP contribution in [0, 0.1) is 0 Å². The Bertz CT molecular complexity index is 498. The van der Waals surface area contributed by atoms with Crippen molar-refractivity contribution in [1.29, 1.82) is 0 Å². The maximum absolute atomic E-state index is 11.5. The van der Waals surface area contributed by atoms with Crippen LogP contribution in [-0.2, 0) is 16.4 Å². The molecule has 1 fully saturated rings. The number of hydrogen-bond donors (Lipinski definition) is 1. The Morgan fingerprint density at radius 2 is 2.12 bits per heavy atom. The van der Waals surface area contributed by atoms with Crippen LogP contribution >= 0.6 is 0 Å². The summed E-state index contributed by atoms with van der Waals surface area (Å²) in [6.45, 7) is -0.0278.